The second-order valence-corrected chi connectivity index (χ2v) is 10.7. The first kappa shape index (κ1) is 38.8. The summed E-state index contributed by atoms with van der Waals surface area (Å²) in [6, 6.07) is 0. The largest absolute Gasteiger partial charge is 0.462 e. The molecule has 0 fully saturated rings. The first-order chi connectivity index (χ1) is 20.0. The Bertz CT molecular complexity index is 724. The lowest BCUT2D eigenvalue weighted by Gasteiger charge is -2.15. The van der Waals surface area contributed by atoms with E-state index in [-0.39, 0.29) is 37.7 Å². The highest BCUT2D eigenvalue weighted by Crippen LogP contribution is 2.11. The van der Waals surface area contributed by atoms with Crippen molar-refractivity contribution in [2.45, 2.75) is 148 Å². The third-order valence-corrected chi connectivity index (χ3v) is 6.73. The van der Waals surface area contributed by atoms with Crippen LogP contribution < -0.4 is 0 Å². The quantitative estimate of drug-likeness (QED) is 0.0420. The number of allylic oxidation sites excluding steroid dienone is 7. The Morgan fingerprint density at radius 2 is 1.27 bits per heavy atom. The minimum atomic E-state index is -0.801. The van der Waals surface area contributed by atoms with Crippen LogP contribution in [0.4, 0.5) is 0 Å². The minimum Gasteiger partial charge on any atom is -0.462 e. The van der Waals surface area contributed by atoms with Gasteiger partial charge in [0.15, 0.2) is 6.10 Å². The summed E-state index contributed by atoms with van der Waals surface area (Å²) in [6.07, 6.45) is 33.5. The Morgan fingerprint density at radius 3 is 1.95 bits per heavy atom. The lowest BCUT2D eigenvalue weighted by atomic mass is 10.1. The van der Waals surface area contributed by atoms with E-state index in [1.54, 1.807) is 0 Å². The van der Waals surface area contributed by atoms with Crippen LogP contribution in [0.3, 0.4) is 0 Å². The van der Waals surface area contributed by atoms with Gasteiger partial charge in [-0.2, -0.15) is 0 Å². The average Bonchev–Trinajstić information content (AvgIpc) is 2.96. The lowest BCUT2D eigenvalue weighted by Crippen LogP contribution is -2.28. The number of aliphatic hydroxyl groups excluding tert-OH is 2. The maximum absolute atomic E-state index is 12.0. The van der Waals surface area contributed by atoms with Gasteiger partial charge in [0.1, 0.15) is 6.61 Å². The molecule has 0 amide bonds. The van der Waals surface area contributed by atoms with E-state index in [9.17, 15) is 19.8 Å². The van der Waals surface area contributed by atoms with E-state index in [4.69, 9.17) is 9.47 Å². The standard InChI is InChI=1S/C35H60O6/c1-3-5-7-8-9-13-18-21-25-29-35(39)41-33(30-36)31-40-34(38)28-24-20-17-15-12-10-11-14-16-19-23-27-32(37)26-22-6-4-2/h10-11,15-17,19,23,27,32-33,36-37H,3-9,12-14,18,20-22,24-26,28-31H2,1-2H3/b11-10-,17-15-,19-16-,27-23+/t32-,33+/m1/s1. The molecule has 0 aliphatic rings. The molecule has 0 aromatic heterocycles. The monoisotopic (exact) mass is 576 g/mol. The molecule has 41 heavy (non-hydrogen) atoms. The highest BCUT2D eigenvalue weighted by atomic mass is 16.6. The molecule has 2 N–H and O–H groups in total. The maximum Gasteiger partial charge on any atom is 0.306 e. The van der Waals surface area contributed by atoms with Crippen molar-refractivity contribution in [3.63, 3.8) is 0 Å². The number of esters is 2. The van der Waals surface area contributed by atoms with Gasteiger partial charge in [0.2, 0.25) is 0 Å². The predicted octanol–water partition coefficient (Wildman–Crippen LogP) is 8.47. The molecule has 0 aromatic rings. The van der Waals surface area contributed by atoms with E-state index in [1.165, 1.54) is 44.9 Å². The van der Waals surface area contributed by atoms with Crippen LogP contribution in [0.5, 0.6) is 0 Å². The summed E-state index contributed by atoms with van der Waals surface area (Å²) >= 11 is 0. The number of unbranched alkanes of at least 4 members (excludes halogenated alkanes) is 11. The van der Waals surface area contributed by atoms with Crippen LogP contribution in [0, 0.1) is 0 Å². The van der Waals surface area contributed by atoms with Gasteiger partial charge in [-0.05, 0) is 38.5 Å². The number of carbonyl (C=O) groups is 2. The summed E-state index contributed by atoms with van der Waals surface area (Å²) in [5.41, 5.74) is 0. The SMILES string of the molecule is CCCCCCCCCCCC(=O)O[C@@H](CO)COC(=O)CCC/C=C\C/C=C\C/C=C\C=C\[C@H](O)CCCCC. The molecule has 6 nitrogen and oxygen atoms in total. The van der Waals surface area contributed by atoms with Gasteiger partial charge in [0, 0.05) is 12.8 Å². The molecule has 0 rings (SSSR count). The molecule has 0 bridgehead atoms. The van der Waals surface area contributed by atoms with Gasteiger partial charge in [0.05, 0.1) is 12.7 Å². The fourth-order valence-corrected chi connectivity index (χ4v) is 4.18. The third-order valence-electron chi connectivity index (χ3n) is 6.73. The first-order valence-electron chi connectivity index (χ1n) is 16.3. The van der Waals surface area contributed by atoms with Crippen molar-refractivity contribution in [1.82, 2.24) is 0 Å². The second-order valence-electron chi connectivity index (χ2n) is 10.7. The summed E-state index contributed by atoms with van der Waals surface area (Å²) in [6.45, 7) is 3.91. The molecule has 0 aromatic carbocycles. The number of aliphatic hydroxyl groups is 2. The Kier molecular flexibility index (Phi) is 29.1. The summed E-state index contributed by atoms with van der Waals surface area (Å²) in [4.78, 5) is 24.0. The summed E-state index contributed by atoms with van der Waals surface area (Å²) < 4.78 is 10.5. The normalized spacial score (nSPS) is 13.6. The smallest absolute Gasteiger partial charge is 0.306 e. The maximum atomic E-state index is 12.0. The van der Waals surface area contributed by atoms with Gasteiger partial charge in [-0.15, -0.1) is 0 Å². The van der Waals surface area contributed by atoms with Gasteiger partial charge in [-0.1, -0.05) is 133 Å². The fraction of sp³-hybridized carbons (Fsp3) is 0.714. The molecule has 0 aliphatic heterocycles. The lowest BCUT2D eigenvalue weighted by molar-refractivity contribution is -0.161. The topological polar surface area (TPSA) is 93.1 Å². The van der Waals surface area contributed by atoms with Gasteiger partial charge < -0.3 is 19.7 Å². The molecular weight excluding hydrogens is 516 g/mol. The molecule has 0 saturated heterocycles. The van der Waals surface area contributed by atoms with E-state index in [1.807, 2.05) is 18.2 Å². The van der Waals surface area contributed by atoms with Crippen LogP contribution in [0.15, 0.2) is 48.6 Å². The van der Waals surface area contributed by atoms with Gasteiger partial charge in [0.25, 0.3) is 0 Å². The van der Waals surface area contributed by atoms with Crippen LogP contribution in [-0.2, 0) is 19.1 Å². The number of hydrogen-bond donors (Lipinski definition) is 2. The molecule has 6 heteroatoms. The van der Waals surface area contributed by atoms with E-state index in [0.717, 1.165) is 57.8 Å². The predicted molar refractivity (Wildman–Crippen MR) is 170 cm³/mol. The van der Waals surface area contributed by atoms with E-state index in [0.29, 0.717) is 12.8 Å². The molecular formula is C35H60O6. The molecule has 236 valence electrons. The van der Waals surface area contributed by atoms with E-state index >= 15 is 0 Å². The van der Waals surface area contributed by atoms with Crippen molar-refractivity contribution in [1.29, 1.82) is 0 Å². The highest BCUT2D eigenvalue weighted by Gasteiger charge is 2.16. The Hall–Kier alpha value is -2.18. The van der Waals surface area contributed by atoms with E-state index in [2.05, 4.69) is 44.2 Å². The number of hydrogen-bond acceptors (Lipinski definition) is 6. The molecule has 0 radical (unpaired) electrons. The van der Waals surface area contributed by atoms with Crippen molar-refractivity contribution in [2.75, 3.05) is 13.2 Å². The Balaban J connectivity index is 3.78. The zero-order valence-electron chi connectivity index (χ0n) is 26.2. The molecule has 0 heterocycles. The average molecular weight is 577 g/mol. The van der Waals surface area contributed by atoms with Crippen LogP contribution >= 0.6 is 0 Å². The van der Waals surface area contributed by atoms with Crippen molar-refractivity contribution >= 4 is 11.9 Å². The summed E-state index contributed by atoms with van der Waals surface area (Å²) in [5, 5.41) is 19.3. The number of rotatable bonds is 28. The molecule has 2 atom stereocenters. The van der Waals surface area contributed by atoms with Gasteiger partial charge >= 0.3 is 11.9 Å². The van der Waals surface area contributed by atoms with E-state index < -0.39 is 6.10 Å². The Labute approximate surface area is 251 Å². The Morgan fingerprint density at radius 1 is 0.683 bits per heavy atom. The van der Waals surface area contributed by atoms with Crippen LogP contribution in [0.2, 0.25) is 0 Å². The fourth-order valence-electron chi connectivity index (χ4n) is 4.18. The first-order valence-corrected chi connectivity index (χ1v) is 16.3. The minimum absolute atomic E-state index is 0.108. The molecule has 0 spiro atoms. The van der Waals surface area contributed by atoms with Crippen LogP contribution in [0.25, 0.3) is 0 Å². The molecule has 0 saturated carbocycles. The van der Waals surface area contributed by atoms with Crippen molar-refractivity contribution < 1.29 is 29.3 Å². The van der Waals surface area contributed by atoms with Crippen LogP contribution in [0.1, 0.15) is 136 Å². The second kappa shape index (κ2) is 30.8. The summed E-state index contributed by atoms with van der Waals surface area (Å²) in [5.74, 6) is -0.691. The van der Waals surface area contributed by atoms with Crippen molar-refractivity contribution in [3.05, 3.63) is 48.6 Å². The van der Waals surface area contributed by atoms with Crippen molar-refractivity contribution in [3.8, 4) is 0 Å². The molecule has 0 unspecified atom stereocenters. The third kappa shape index (κ3) is 29.1. The number of carbonyl (C=O) groups excluding carboxylic acids is 2. The zero-order chi connectivity index (χ0) is 30.2. The van der Waals surface area contributed by atoms with Gasteiger partial charge in [-0.25, -0.2) is 0 Å². The van der Waals surface area contributed by atoms with Gasteiger partial charge in [-0.3, -0.25) is 9.59 Å². The number of ether oxygens (including phenoxy) is 2. The zero-order valence-corrected chi connectivity index (χ0v) is 26.2. The summed E-state index contributed by atoms with van der Waals surface area (Å²) in [7, 11) is 0. The van der Waals surface area contributed by atoms with Crippen molar-refractivity contribution in [2.24, 2.45) is 0 Å². The highest BCUT2D eigenvalue weighted by molar-refractivity contribution is 5.70. The van der Waals surface area contributed by atoms with Crippen LogP contribution in [-0.4, -0.2) is 47.6 Å². The molecule has 0 aliphatic carbocycles.